The van der Waals surface area contributed by atoms with Gasteiger partial charge >= 0.3 is 0 Å². The van der Waals surface area contributed by atoms with Crippen molar-refractivity contribution in [1.29, 1.82) is 0 Å². The number of hydrogen-bond donors (Lipinski definition) is 1. The summed E-state index contributed by atoms with van der Waals surface area (Å²) in [5.74, 6) is 2.12. The summed E-state index contributed by atoms with van der Waals surface area (Å²) in [6, 6.07) is 1.99. The number of thioether (sulfide) groups is 1. The molecule has 0 fully saturated rings. The molecule has 2 rings (SSSR count). The predicted molar refractivity (Wildman–Crippen MR) is 74.6 cm³/mol. The van der Waals surface area contributed by atoms with E-state index in [1.54, 1.807) is 0 Å². The van der Waals surface area contributed by atoms with Gasteiger partial charge in [0.05, 0.1) is 11.8 Å². The Morgan fingerprint density at radius 3 is 3.06 bits per heavy atom. The minimum Gasteiger partial charge on any atom is -0.368 e. The number of aryl methyl sites for hydroxylation is 1. The summed E-state index contributed by atoms with van der Waals surface area (Å²) in [5, 5.41) is 3.36. The molecule has 0 saturated heterocycles. The van der Waals surface area contributed by atoms with Crippen molar-refractivity contribution in [3.05, 3.63) is 18.6 Å². The first-order chi connectivity index (χ1) is 8.33. The highest BCUT2D eigenvalue weighted by molar-refractivity contribution is 7.98. The quantitative estimate of drug-likeness (QED) is 0.800. The summed E-state index contributed by atoms with van der Waals surface area (Å²) in [7, 11) is 2.00. The second-order valence-corrected chi connectivity index (χ2v) is 5.00. The Labute approximate surface area is 106 Å². The number of nitrogens with one attached hydrogen (secondary N) is 1. The molecule has 0 saturated carbocycles. The van der Waals surface area contributed by atoms with Gasteiger partial charge in [0.15, 0.2) is 5.82 Å². The molecule has 0 aliphatic carbocycles. The fourth-order valence-corrected chi connectivity index (χ4v) is 2.26. The highest BCUT2D eigenvalue weighted by Gasteiger charge is 2.05. The third kappa shape index (κ3) is 2.91. The number of unbranched alkanes of at least 4 members (excludes halogenated alkanes) is 1. The number of fused-ring (bicyclic) bond motifs is 1. The third-order valence-electron chi connectivity index (χ3n) is 2.71. The number of imidazole rings is 1. The van der Waals surface area contributed by atoms with E-state index in [4.69, 9.17) is 0 Å². The van der Waals surface area contributed by atoms with Crippen LogP contribution >= 0.6 is 11.8 Å². The van der Waals surface area contributed by atoms with E-state index in [1.807, 2.05) is 42.0 Å². The number of hydrogen-bond acceptors (Lipinski definition) is 4. The third-order valence-corrected chi connectivity index (χ3v) is 3.41. The van der Waals surface area contributed by atoms with E-state index in [0.717, 1.165) is 23.4 Å². The Bertz CT molecular complexity index is 480. The lowest BCUT2D eigenvalue weighted by Gasteiger charge is -2.05. The lowest BCUT2D eigenvalue weighted by atomic mass is 10.3. The van der Waals surface area contributed by atoms with Crippen LogP contribution in [0.25, 0.3) is 11.0 Å². The molecular weight excluding hydrogens is 232 g/mol. The summed E-state index contributed by atoms with van der Waals surface area (Å²) in [5.41, 5.74) is 2.08. The fourth-order valence-electron chi connectivity index (χ4n) is 1.77. The predicted octanol–water partition coefficient (Wildman–Crippen LogP) is 2.52. The van der Waals surface area contributed by atoms with Gasteiger partial charge in [0.2, 0.25) is 0 Å². The molecule has 0 radical (unpaired) electrons. The second kappa shape index (κ2) is 5.91. The Kier molecular flexibility index (Phi) is 4.25. The van der Waals surface area contributed by atoms with Gasteiger partial charge in [-0.05, 0) is 30.9 Å². The first kappa shape index (κ1) is 12.2. The van der Waals surface area contributed by atoms with Crippen LogP contribution in [-0.4, -0.2) is 33.1 Å². The maximum atomic E-state index is 4.37. The van der Waals surface area contributed by atoms with E-state index in [1.165, 1.54) is 18.6 Å². The minimum atomic E-state index is 0.896. The van der Waals surface area contributed by atoms with Gasteiger partial charge in [0.1, 0.15) is 5.52 Å². The highest BCUT2D eigenvalue weighted by Crippen LogP contribution is 2.18. The summed E-state index contributed by atoms with van der Waals surface area (Å²) in [4.78, 5) is 8.71. The van der Waals surface area contributed by atoms with Crippen LogP contribution in [0.1, 0.15) is 12.8 Å². The second-order valence-electron chi connectivity index (χ2n) is 4.01. The van der Waals surface area contributed by atoms with E-state index in [9.17, 15) is 0 Å². The summed E-state index contributed by atoms with van der Waals surface area (Å²) in [6.07, 6.45) is 8.21. The van der Waals surface area contributed by atoms with Crippen LogP contribution in [0, 0.1) is 0 Å². The largest absolute Gasteiger partial charge is 0.368 e. The van der Waals surface area contributed by atoms with Crippen LogP contribution in [0.5, 0.6) is 0 Å². The van der Waals surface area contributed by atoms with Gasteiger partial charge in [0, 0.05) is 19.8 Å². The molecule has 0 aliphatic rings. The van der Waals surface area contributed by atoms with Gasteiger partial charge in [-0.25, -0.2) is 9.97 Å². The zero-order chi connectivity index (χ0) is 12.1. The number of anilines is 1. The molecule has 2 aromatic heterocycles. The van der Waals surface area contributed by atoms with Gasteiger partial charge in [-0.1, -0.05) is 0 Å². The summed E-state index contributed by atoms with van der Waals surface area (Å²) >= 11 is 1.89. The van der Waals surface area contributed by atoms with E-state index in [2.05, 4.69) is 21.5 Å². The van der Waals surface area contributed by atoms with Crippen LogP contribution < -0.4 is 5.32 Å². The van der Waals surface area contributed by atoms with Crippen LogP contribution in [0.3, 0.4) is 0 Å². The lowest BCUT2D eigenvalue weighted by molar-refractivity contribution is 0.840. The first-order valence-electron chi connectivity index (χ1n) is 5.82. The molecule has 0 unspecified atom stereocenters. The molecule has 0 spiro atoms. The smallest absolute Gasteiger partial charge is 0.154 e. The van der Waals surface area contributed by atoms with Crippen molar-refractivity contribution in [2.24, 2.45) is 7.05 Å². The van der Waals surface area contributed by atoms with Gasteiger partial charge in [-0.15, -0.1) is 0 Å². The topological polar surface area (TPSA) is 42.7 Å². The van der Waals surface area contributed by atoms with Crippen molar-refractivity contribution >= 4 is 28.6 Å². The molecule has 0 atom stereocenters. The molecule has 92 valence electrons. The fraction of sp³-hybridized carbons (Fsp3) is 0.500. The average Bonchev–Trinajstić information content (AvgIpc) is 2.72. The van der Waals surface area contributed by atoms with Crippen molar-refractivity contribution in [2.45, 2.75) is 12.8 Å². The number of rotatable bonds is 6. The van der Waals surface area contributed by atoms with E-state index >= 15 is 0 Å². The van der Waals surface area contributed by atoms with Gasteiger partial charge in [-0.2, -0.15) is 11.8 Å². The van der Waals surface area contributed by atoms with Crippen molar-refractivity contribution in [3.8, 4) is 0 Å². The maximum absolute atomic E-state index is 4.37. The lowest BCUT2D eigenvalue weighted by Crippen LogP contribution is -2.04. The number of pyridine rings is 1. The first-order valence-corrected chi connectivity index (χ1v) is 7.21. The summed E-state index contributed by atoms with van der Waals surface area (Å²) in [6.45, 7) is 0.962. The average molecular weight is 250 g/mol. The van der Waals surface area contributed by atoms with Crippen LogP contribution in [0.15, 0.2) is 18.6 Å². The zero-order valence-electron chi connectivity index (χ0n) is 10.3. The summed E-state index contributed by atoms with van der Waals surface area (Å²) < 4.78 is 2.01. The SMILES string of the molecule is CSCCCCNc1nccc2c1ncn2C. The van der Waals surface area contributed by atoms with E-state index < -0.39 is 0 Å². The van der Waals surface area contributed by atoms with Crippen molar-refractivity contribution in [1.82, 2.24) is 14.5 Å². The monoisotopic (exact) mass is 250 g/mol. The van der Waals surface area contributed by atoms with E-state index in [-0.39, 0.29) is 0 Å². The molecule has 0 aromatic carbocycles. The molecule has 5 heteroatoms. The number of aromatic nitrogens is 3. The molecule has 4 nitrogen and oxygen atoms in total. The highest BCUT2D eigenvalue weighted by atomic mass is 32.2. The molecule has 17 heavy (non-hydrogen) atoms. The van der Waals surface area contributed by atoms with Crippen molar-refractivity contribution in [3.63, 3.8) is 0 Å². The molecule has 1 N–H and O–H groups in total. The molecule has 2 heterocycles. The maximum Gasteiger partial charge on any atom is 0.154 e. The number of nitrogens with zero attached hydrogens (tertiary/aromatic N) is 3. The van der Waals surface area contributed by atoms with Crippen LogP contribution in [0.2, 0.25) is 0 Å². The van der Waals surface area contributed by atoms with Gasteiger partial charge in [-0.3, -0.25) is 0 Å². The van der Waals surface area contributed by atoms with Crippen molar-refractivity contribution in [2.75, 3.05) is 23.9 Å². The van der Waals surface area contributed by atoms with Crippen LogP contribution in [0.4, 0.5) is 5.82 Å². The van der Waals surface area contributed by atoms with Crippen molar-refractivity contribution < 1.29 is 0 Å². The van der Waals surface area contributed by atoms with Gasteiger partial charge < -0.3 is 9.88 Å². The van der Waals surface area contributed by atoms with Crippen LogP contribution in [-0.2, 0) is 7.05 Å². The normalized spacial score (nSPS) is 10.9. The Morgan fingerprint density at radius 2 is 2.24 bits per heavy atom. The minimum absolute atomic E-state index is 0.896. The standard InChI is InChI=1S/C12H18N4S/c1-16-9-15-11-10(16)5-7-14-12(11)13-6-3-4-8-17-2/h5,7,9H,3-4,6,8H2,1-2H3,(H,13,14). The molecular formula is C12H18N4S. The molecule has 0 aliphatic heterocycles. The molecule has 0 amide bonds. The Balaban J connectivity index is 1.99. The Hall–Kier alpha value is -1.23. The molecule has 2 aromatic rings. The van der Waals surface area contributed by atoms with E-state index in [0.29, 0.717) is 0 Å². The Morgan fingerprint density at radius 1 is 1.35 bits per heavy atom. The van der Waals surface area contributed by atoms with Gasteiger partial charge in [0.25, 0.3) is 0 Å². The zero-order valence-corrected chi connectivity index (χ0v) is 11.1. The molecule has 0 bridgehead atoms.